The van der Waals surface area contributed by atoms with Gasteiger partial charge in [-0.1, -0.05) is 36.7 Å². The second-order valence-corrected chi connectivity index (χ2v) is 6.03. The zero-order valence-electron chi connectivity index (χ0n) is 13.0. The van der Waals surface area contributed by atoms with Gasteiger partial charge in [0.05, 0.1) is 24.1 Å². The third-order valence-electron chi connectivity index (χ3n) is 4.00. The van der Waals surface area contributed by atoms with Gasteiger partial charge in [-0.05, 0) is 24.1 Å². The number of aryl methyl sites for hydroxylation is 1. The van der Waals surface area contributed by atoms with E-state index in [0.29, 0.717) is 17.3 Å². The average Bonchev–Trinajstić information content (AvgIpc) is 2.57. The summed E-state index contributed by atoms with van der Waals surface area (Å²) in [7, 11) is 0. The van der Waals surface area contributed by atoms with Crippen LogP contribution in [0.4, 0.5) is 0 Å². The highest BCUT2D eigenvalue weighted by molar-refractivity contribution is 6.30. The van der Waals surface area contributed by atoms with Crippen molar-refractivity contribution in [2.75, 3.05) is 6.61 Å². The number of fused-ring (bicyclic) bond motifs is 1. The lowest BCUT2D eigenvalue weighted by atomic mass is 9.96. The number of carbonyl (C=O) groups excluding carboxylic acids is 1. The second kappa shape index (κ2) is 7.01. The van der Waals surface area contributed by atoms with Crippen LogP contribution in [0.3, 0.4) is 0 Å². The second-order valence-electron chi connectivity index (χ2n) is 5.59. The van der Waals surface area contributed by atoms with E-state index in [9.17, 15) is 4.79 Å². The Morgan fingerprint density at radius 1 is 1.39 bits per heavy atom. The number of halogens is 1. The molecule has 23 heavy (non-hydrogen) atoms. The molecule has 0 aliphatic carbocycles. The van der Waals surface area contributed by atoms with Crippen LogP contribution in [0.5, 0.6) is 5.75 Å². The maximum atomic E-state index is 12.3. The Hall–Kier alpha value is -2.07. The number of hydrogen-bond donors (Lipinski definition) is 1. The van der Waals surface area contributed by atoms with Gasteiger partial charge in [0.2, 0.25) is 5.91 Å². The van der Waals surface area contributed by atoms with Crippen LogP contribution in [0.2, 0.25) is 5.02 Å². The van der Waals surface area contributed by atoms with E-state index in [-0.39, 0.29) is 18.4 Å². The van der Waals surface area contributed by atoms with Crippen LogP contribution in [0.15, 0.2) is 36.5 Å². The summed E-state index contributed by atoms with van der Waals surface area (Å²) in [6.07, 6.45) is 3.50. The van der Waals surface area contributed by atoms with Crippen molar-refractivity contribution in [2.24, 2.45) is 0 Å². The van der Waals surface area contributed by atoms with Crippen LogP contribution in [0.1, 0.15) is 36.2 Å². The summed E-state index contributed by atoms with van der Waals surface area (Å²) in [6.45, 7) is 2.72. The highest BCUT2D eigenvalue weighted by Gasteiger charge is 2.24. The smallest absolute Gasteiger partial charge is 0.226 e. The van der Waals surface area contributed by atoms with Gasteiger partial charge in [-0.15, -0.1) is 0 Å². The zero-order chi connectivity index (χ0) is 16.2. The molecular formula is C18H19ClN2O2. The number of aromatic nitrogens is 1. The van der Waals surface area contributed by atoms with E-state index in [1.165, 1.54) is 5.56 Å². The topological polar surface area (TPSA) is 51.2 Å². The maximum Gasteiger partial charge on any atom is 0.226 e. The fourth-order valence-corrected chi connectivity index (χ4v) is 2.95. The summed E-state index contributed by atoms with van der Waals surface area (Å²) in [5.41, 5.74) is 2.95. The number of amides is 1. The lowest BCUT2D eigenvalue weighted by molar-refractivity contribution is -0.121. The first kappa shape index (κ1) is 15.8. The normalized spacial score (nSPS) is 16.3. The third-order valence-corrected chi connectivity index (χ3v) is 4.23. The van der Waals surface area contributed by atoms with Gasteiger partial charge in [-0.2, -0.15) is 0 Å². The van der Waals surface area contributed by atoms with Gasteiger partial charge in [0.25, 0.3) is 0 Å². The first-order valence-electron chi connectivity index (χ1n) is 7.81. The molecule has 1 amide bonds. The van der Waals surface area contributed by atoms with Gasteiger partial charge >= 0.3 is 0 Å². The van der Waals surface area contributed by atoms with Gasteiger partial charge in [0.15, 0.2) is 0 Å². The standard InChI is InChI=1S/C18H19ClN2O2/c1-2-12-4-3-5-15-16(8-9-23-18(12)15)21-17(22)10-14-7-6-13(19)11-20-14/h3-7,11,16H,2,8-10H2,1H3,(H,21,22)/t16-/m0/s1. The molecule has 1 atom stereocenters. The van der Waals surface area contributed by atoms with Crippen molar-refractivity contribution in [3.05, 3.63) is 58.4 Å². The molecule has 1 aromatic carbocycles. The van der Waals surface area contributed by atoms with E-state index in [2.05, 4.69) is 23.3 Å². The third kappa shape index (κ3) is 3.64. The Labute approximate surface area is 140 Å². The lowest BCUT2D eigenvalue weighted by Crippen LogP contribution is -2.33. The van der Waals surface area contributed by atoms with Crippen LogP contribution in [-0.4, -0.2) is 17.5 Å². The van der Waals surface area contributed by atoms with E-state index in [1.807, 2.05) is 12.1 Å². The molecule has 1 aliphatic rings. The first-order valence-corrected chi connectivity index (χ1v) is 8.19. The number of carbonyl (C=O) groups is 1. The molecule has 0 spiro atoms. The predicted octanol–water partition coefficient (Wildman–Crippen LogP) is 3.48. The molecule has 4 nitrogen and oxygen atoms in total. The molecule has 0 unspecified atom stereocenters. The van der Waals surface area contributed by atoms with Crippen molar-refractivity contribution in [1.82, 2.24) is 10.3 Å². The van der Waals surface area contributed by atoms with Crippen LogP contribution in [-0.2, 0) is 17.6 Å². The Kier molecular flexibility index (Phi) is 4.82. The molecule has 0 fully saturated rings. The van der Waals surface area contributed by atoms with Crippen LogP contribution < -0.4 is 10.1 Å². The van der Waals surface area contributed by atoms with Crippen molar-refractivity contribution >= 4 is 17.5 Å². The monoisotopic (exact) mass is 330 g/mol. The minimum absolute atomic E-state index is 0.00921. The summed E-state index contributed by atoms with van der Waals surface area (Å²) in [4.78, 5) is 16.5. The molecule has 1 aliphatic heterocycles. The highest BCUT2D eigenvalue weighted by atomic mass is 35.5. The van der Waals surface area contributed by atoms with Gasteiger partial charge in [-0.3, -0.25) is 9.78 Å². The Balaban J connectivity index is 1.72. The van der Waals surface area contributed by atoms with Gasteiger partial charge in [0, 0.05) is 23.9 Å². The van der Waals surface area contributed by atoms with Crippen molar-refractivity contribution in [3.63, 3.8) is 0 Å². The average molecular weight is 331 g/mol. The Morgan fingerprint density at radius 2 is 2.26 bits per heavy atom. The van der Waals surface area contributed by atoms with Crippen molar-refractivity contribution in [1.29, 1.82) is 0 Å². The molecule has 120 valence electrons. The van der Waals surface area contributed by atoms with Crippen molar-refractivity contribution in [2.45, 2.75) is 32.2 Å². The summed E-state index contributed by atoms with van der Waals surface area (Å²) in [5.74, 6) is 0.885. The molecule has 0 bridgehead atoms. The molecular weight excluding hydrogens is 312 g/mol. The quantitative estimate of drug-likeness (QED) is 0.933. The molecule has 2 heterocycles. The molecule has 1 aromatic heterocycles. The van der Waals surface area contributed by atoms with Crippen LogP contribution in [0, 0.1) is 0 Å². The molecule has 2 aromatic rings. The number of ether oxygens (including phenoxy) is 1. The number of rotatable bonds is 4. The SMILES string of the molecule is CCc1cccc2c1OCC[C@@H]2NC(=O)Cc1ccc(Cl)cn1. The molecule has 0 saturated heterocycles. The van der Waals surface area contributed by atoms with Crippen molar-refractivity contribution in [3.8, 4) is 5.75 Å². The number of hydrogen-bond acceptors (Lipinski definition) is 3. The maximum absolute atomic E-state index is 12.3. The summed E-state index contributed by atoms with van der Waals surface area (Å²) in [5, 5.41) is 3.67. The summed E-state index contributed by atoms with van der Waals surface area (Å²) >= 11 is 5.81. The van der Waals surface area contributed by atoms with E-state index in [1.54, 1.807) is 18.3 Å². The largest absolute Gasteiger partial charge is 0.493 e. The number of nitrogens with zero attached hydrogens (tertiary/aromatic N) is 1. The van der Waals surface area contributed by atoms with Gasteiger partial charge in [-0.25, -0.2) is 0 Å². The van der Waals surface area contributed by atoms with Crippen LogP contribution in [0.25, 0.3) is 0 Å². The molecule has 5 heteroatoms. The van der Waals surface area contributed by atoms with E-state index in [0.717, 1.165) is 24.2 Å². The minimum Gasteiger partial charge on any atom is -0.493 e. The van der Waals surface area contributed by atoms with E-state index in [4.69, 9.17) is 16.3 Å². The summed E-state index contributed by atoms with van der Waals surface area (Å²) < 4.78 is 5.81. The summed E-state index contributed by atoms with van der Waals surface area (Å²) in [6, 6.07) is 9.63. The Morgan fingerprint density at radius 3 is 3.00 bits per heavy atom. The van der Waals surface area contributed by atoms with Gasteiger partial charge < -0.3 is 10.1 Å². The fourth-order valence-electron chi connectivity index (χ4n) is 2.84. The predicted molar refractivity (Wildman–Crippen MR) is 89.8 cm³/mol. The fraction of sp³-hybridized carbons (Fsp3) is 0.333. The highest BCUT2D eigenvalue weighted by Crippen LogP contribution is 2.35. The van der Waals surface area contributed by atoms with E-state index >= 15 is 0 Å². The number of para-hydroxylation sites is 1. The lowest BCUT2D eigenvalue weighted by Gasteiger charge is -2.28. The van der Waals surface area contributed by atoms with E-state index < -0.39 is 0 Å². The van der Waals surface area contributed by atoms with Gasteiger partial charge in [0.1, 0.15) is 5.75 Å². The van der Waals surface area contributed by atoms with Crippen molar-refractivity contribution < 1.29 is 9.53 Å². The Bertz CT molecular complexity index is 701. The minimum atomic E-state index is -0.0421. The molecule has 0 saturated carbocycles. The zero-order valence-corrected chi connectivity index (χ0v) is 13.8. The molecule has 1 N–H and O–H groups in total. The molecule has 3 rings (SSSR count). The number of pyridine rings is 1. The number of nitrogens with one attached hydrogen (secondary N) is 1. The van der Waals surface area contributed by atoms with Crippen LogP contribution >= 0.6 is 11.6 Å². The first-order chi connectivity index (χ1) is 11.2. The molecule has 0 radical (unpaired) electrons. The number of benzene rings is 1.